The first-order valence-electron chi connectivity index (χ1n) is 7.79. The lowest BCUT2D eigenvalue weighted by Gasteiger charge is -2.26. The number of hydrogen-bond acceptors (Lipinski definition) is 4. The number of phenols is 1. The molecule has 1 heterocycles. The van der Waals surface area contributed by atoms with Crippen LogP contribution >= 0.6 is 0 Å². The molecular formula is C17H26N2O2. The number of aromatic hydroxyl groups is 1. The third-order valence-electron chi connectivity index (χ3n) is 4.16. The molecular weight excluding hydrogens is 264 g/mol. The number of phenolic OH excluding ortho intramolecular Hbond substituents is 1. The topological polar surface area (TPSA) is 52.6 Å². The van der Waals surface area contributed by atoms with E-state index in [0.29, 0.717) is 12.2 Å². The van der Waals surface area contributed by atoms with Crippen LogP contribution in [-0.2, 0) is 0 Å². The number of benzene rings is 1. The average Bonchev–Trinajstić information content (AvgIpc) is 2.45. The zero-order valence-corrected chi connectivity index (χ0v) is 13.3. The van der Waals surface area contributed by atoms with Crippen molar-refractivity contribution in [3.63, 3.8) is 0 Å². The van der Waals surface area contributed by atoms with Gasteiger partial charge in [0.1, 0.15) is 5.75 Å². The molecule has 1 aromatic rings. The molecule has 21 heavy (non-hydrogen) atoms. The van der Waals surface area contributed by atoms with E-state index in [1.807, 2.05) is 26.8 Å². The number of carbonyl (C=O) groups excluding carboxylic acids is 1. The second-order valence-electron chi connectivity index (χ2n) is 6.15. The van der Waals surface area contributed by atoms with Crippen LogP contribution in [0.1, 0.15) is 47.7 Å². The lowest BCUT2D eigenvalue weighted by atomic mass is 9.94. The fourth-order valence-electron chi connectivity index (χ4n) is 2.80. The summed E-state index contributed by atoms with van der Waals surface area (Å²) in [5.41, 5.74) is 2.47. The normalized spacial score (nSPS) is 16.4. The highest BCUT2D eigenvalue weighted by Crippen LogP contribution is 2.29. The maximum atomic E-state index is 12.5. The van der Waals surface area contributed by atoms with E-state index in [1.165, 1.54) is 0 Å². The van der Waals surface area contributed by atoms with E-state index in [4.69, 9.17) is 0 Å². The summed E-state index contributed by atoms with van der Waals surface area (Å²) in [7, 11) is 0. The third kappa shape index (κ3) is 4.05. The summed E-state index contributed by atoms with van der Waals surface area (Å²) >= 11 is 0. The van der Waals surface area contributed by atoms with Gasteiger partial charge in [-0.15, -0.1) is 0 Å². The van der Waals surface area contributed by atoms with E-state index in [9.17, 15) is 9.90 Å². The number of nitrogens with one attached hydrogen (secondary N) is 1. The van der Waals surface area contributed by atoms with Gasteiger partial charge in [-0.2, -0.15) is 0 Å². The molecule has 116 valence electrons. The molecule has 0 aromatic heterocycles. The van der Waals surface area contributed by atoms with Crippen LogP contribution in [0.2, 0.25) is 0 Å². The first-order valence-corrected chi connectivity index (χ1v) is 7.79. The highest BCUT2D eigenvalue weighted by Gasteiger charge is 2.17. The van der Waals surface area contributed by atoms with Crippen molar-refractivity contribution < 1.29 is 9.90 Å². The van der Waals surface area contributed by atoms with E-state index >= 15 is 0 Å². The molecule has 2 N–H and O–H groups in total. The molecule has 0 aliphatic carbocycles. The highest BCUT2D eigenvalue weighted by atomic mass is 16.3. The second kappa shape index (κ2) is 7.05. The van der Waals surface area contributed by atoms with Gasteiger partial charge in [0.05, 0.1) is 0 Å². The Bertz CT molecular complexity index is 506. The molecule has 0 unspecified atom stereocenters. The van der Waals surface area contributed by atoms with Crippen molar-refractivity contribution in [1.29, 1.82) is 0 Å². The van der Waals surface area contributed by atoms with Gasteiger partial charge < -0.3 is 15.3 Å². The van der Waals surface area contributed by atoms with Crippen molar-refractivity contribution in [1.82, 2.24) is 10.2 Å². The number of ketones is 1. The van der Waals surface area contributed by atoms with Gasteiger partial charge in [0, 0.05) is 44.7 Å². The van der Waals surface area contributed by atoms with E-state index in [2.05, 4.69) is 10.2 Å². The van der Waals surface area contributed by atoms with Gasteiger partial charge in [-0.05, 0) is 36.1 Å². The van der Waals surface area contributed by atoms with Crippen molar-refractivity contribution in [3.05, 3.63) is 28.8 Å². The summed E-state index contributed by atoms with van der Waals surface area (Å²) in [5.74, 6) is 0.680. The summed E-state index contributed by atoms with van der Waals surface area (Å²) < 4.78 is 0. The Morgan fingerprint density at radius 2 is 2.00 bits per heavy atom. The molecule has 1 saturated heterocycles. The maximum Gasteiger partial charge on any atom is 0.164 e. The predicted octanol–water partition coefficient (Wildman–Crippen LogP) is 2.30. The molecule has 1 fully saturated rings. The number of rotatable bonds is 5. The quantitative estimate of drug-likeness (QED) is 0.817. The first kappa shape index (κ1) is 16.0. The van der Waals surface area contributed by atoms with Crippen LogP contribution in [-0.4, -0.2) is 48.5 Å². The van der Waals surface area contributed by atoms with E-state index in [1.54, 1.807) is 6.07 Å². The van der Waals surface area contributed by atoms with E-state index < -0.39 is 0 Å². The molecule has 0 radical (unpaired) electrons. The Kier molecular flexibility index (Phi) is 5.37. The zero-order valence-electron chi connectivity index (χ0n) is 13.3. The van der Waals surface area contributed by atoms with Crippen LogP contribution in [0.15, 0.2) is 12.1 Å². The minimum absolute atomic E-state index is 0.174. The average molecular weight is 290 g/mol. The summed E-state index contributed by atoms with van der Waals surface area (Å²) in [4.78, 5) is 14.8. The minimum Gasteiger partial charge on any atom is -0.508 e. The van der Waals surface area contributed by atoms with Gasteiger partial charge in [0.25, 0.3) is 0 Å². The molecule has 0 amide bonds. The lowest BCUT2D eigenvalue weighted by Crippen LogP contribution is -2.44. The van der Waals surface area contributed by atoms with Gasteiger partial charge in [0.15, 0.2) is 5.78 Å². The zero-order chi connectivity index (χ0) is 15.4. The van der Waals surface area contributed by atoms with Gasteiger partial charge in [0.2, 0.25) is 0 Å². The number of carbonyl (C=O) groups is 1. The molecule has 0 atom stereocenters. The Labute approximate surface area is 127 Å². The van der Waals surface area contributed by atoms with Crippen LogP contribution < -0.4 is 5.32 Å². The van der Waals surface area contributed by atoms with E-state index in [0.717, 1.165) is 49.4 Å². The molecule has 1 aliphatic rings. The molecule has 0 saturated carbocycles. The second-order valence-corrected chi connectivity index (χ2v) is 6.15. The van der Waals surface area contributed by atoms with Crippen molar-refractivity contribution >= 4 is 5.78 Å². The van der Waals surface area contributed by atoms with Crippen LogP contribution in [0.4, 0.5) is 0 Å². The van der Waals surface area contributed by atoms with Crippen molar-refractivity contribution in [2.45, 2.75) is 33.1 Å². The SMILES string of the molecule is Cc1cc(O)c(C(C)C)cc1C(=O)CCN1CCNCC1. The number of piperazine rings is 1. The van der Waals surface area contributed by atoms with Crippen LogP contribution in [0, 0.1) is 6.92 Å². The van der Waals surface area contributed by atoms with Crippen molar-refractivity contribution in [2.24, 2.45) is 0 Å². The monoisotopic (exact) mass is 290 g/mol. The smallest absolute Gasteiger partial charge is 0.164 e. The summed E-state index contributed by atoms with van der Waals surface area (Å²) in [6.45, 7) is 10.8. The van der Waals surface area contributed by atoms with Gasteiger partial charge in [-0.25, -0.2) is 0 Å². The summed E-state index contributed by atoms with van der Waals surface area (Å²) in [6.07, 6.45) is 0.545. The molecule has 4 nitrogen and oxygen atoms in total. The van der Waals surface area contributed by atoms with Gasteiger partial charge in [-0.3, -0.25) is 4.79 Å². The number of nitrogens with zero attached hydrogens (tertiary/aromatic N) is 1. The molecule has 2 rings (SSSR count). The number of aryl methyl sites for hydroxylation is 1. The first-order chi connectivity index (χ1) is 9.99. The fourth-order valence-corrected chi connectivity index (χ4v) is 2.80. The third-order valence-corrected chi connectivity index (χ3v) is 4.16. The summed E-state index contributed by atoms with van der Waals surface area (Å²) in [5, 5.41) is 13.3. The predicted molar refractivity (Wildman–Crippen MR) is 85.2 cm³/mol. The van der Waals surface area contributed by atoms with Crippen LogP contribution in [0.3, 0.4) is 0 Å². The largest absolute Gasteiger partial charge is 0.508 e. The van der Waals surface area contributed by atoms with Gasteiger partial charge >= 0.3 is 0 Å². The molecule has 0 spiro atoms. The van der Waals surface area contributed by atoms with Gasteiger partial charge in [-0.1, -0.05) is 13.8 Å². The Morgan fingerprint density at radius 1 is 1.33 bits per heavy atom. The standard InChI is InChI=1S/C17H26N2O2/c1-12(2)14-11-15(13(3)10-17(14)21)16(20)4-7-19-8-5-18-6-9-19/h10-12,18,21H,4-9H2,1-3H3. The molecule has 1 aromatic carbocycles. The van der Waals surface area contributed by atoms with Crippen molar-refractivity contribution in [3.8, 4) is 5.75 Å². The minimum atomic E-state index is 0.174. The summed E-state index contributed by atoms with van der Waals surface area (Å²) in [6, 6.07) is 3.59. The molecule has 1 aliphatic heterocycles. The Balaban J connectivity index is 2.05. The fraction of sp³-hybridized carbons (Fsp3) is 0.588. The van der Waals surface area contributed by atoms with E-state index in [-0.39, 0.29) is 11.7 Å². The maximum absolute atomic E-state index is 12.5. The van der Waals surface area contributed by atoms with Crippen LogP contribution in [0.25, 0.3) is 0 Å². The lowest BCUT2D eigenvalue weighted by molar-refractivity contribution is 0.0960. The Hall–Kier alpha value is -1.39. The van der Waals surface area contributed by atoms with Crippen molar-refractivity contribution in [2.75, 3.05) is 32.7 Å². The molecule has 0 bridgehead atoms. The number of hydrogen-bond donors (Lipinski definition) is 2. The Morgan fingerprint density at radius 3 is 2.62 bits per heavy atom. The van der Waals surface area contributed by atoms with Crippen LogP contribution in [0.5, 0.6) is 5.75 Å². The molecule has 4 heteroatoms. The highest BCUT2D eigenvalue weighted by molar-refractivity contribution is 5.98. The number of Topliss-reactive ketones (excluding diaryl/α,β-unsaturated/α-hetero) is 1.